The lowest BCUT2D eigenvalue weighted by Gasteiger charge is -2.15. The van der Waals surface area contributed by atoms with Crippen LogP contribution >= 0.6 is 0 Å². The van der Waals surface area contributed by atoms with Crippen LogP contribution in [0.1, 0.15) is 18.1 Å². The van der Waals surface area contributed by atoms with Gasteiger partial charge in [-0.3, -0.25) is 4.79 Å². The van der Waals surface area contributed by atoms with Crippen LogP contribution in [-0.4, -0.2) is 19.1 Å². The zero-order chi connectivity index (χ0) is 16.7. The molecular formula is C18H18N2O3. The molecule has 1 amide bonds. The Balaban J connectivity index is 1.88. The number of benzene rings is 2. The molecule has 5 nitrogen and oxygen atoms in total. The van der Waals surface area contributed by atoms with Gasteiger partial charge < -0.3 is 14.8 Å². The molecule has 0 aliphatic carbocycles. The Morgan fingerprint density at radius 2 is 1.96 bits per heavy atom. The summed E-state index contributed by atoms with van der Waals surface area (Å²) in [6.45, 7) is 2.08. The van der Waals surface area contributed by atoms with Crippen molar-refractivity contribution in [3.05, 3.63) is 59.7 Å². The zero-order valence-corrected chi connectivity index (χ0v) is 13.1. The summed E-state index contributed by atoms with van der Waals surface area (Å²) in [5.41, 5.74) is 1.46. The van der Waals surface area contributed by atoms with Crippen LogP contribution in [0.5, 0.6) is 11.5 Å². The van der Waals surface area contributed by atoms with E-state index in [0.29, 0.717) is 17.9 Å². The third kappa shape index (κ3) is 4.75. The first-order chi connectivity index (χ1) is 11.1. The topological polar surface area (TPSA) is 71.3 Å². The fourth-order valence-corrected chi connectivity index (χ4v) is 1.97. The van der Waals surface area contributed by atoms with Crippen LogP contribution in [0, 0.1) is 11.3 Å². The average molecular weight is 310 g/mol. The first-order valence-corrected chi connectivity index (χ1v) is 7.20. The Morgan fingerprint density at radius 1 is 1.22 bits per heavy atom. The van der Waals surface area contributed by atoms with Gasteiger partial charge in [0.2, 0.25) is 0 Å². The first kappa shape index (κ1) is 16.4. The molecule has 0 spiro atoms. The van der Waals surface area contributed by atoms with E-state index in [1.54, 1.807) is 38.3 Å². The minimum atomic E-state index is -0.651. The Labute approximate surface area is 135 Å². The minimum absolute atomic E-state index is 0.219. The number of hydrogen-bond donors (Lipinski definition) is 1. The molecule has 2 aromatic rings. The first-order valence-electron chi connectivity index (χ1n) is 7.20. The van der Waals surface area contributed by atoms with Gasteiger partial charge in [0.15, 0.2) is 6.10 Å². The summed E-state index contributed by atoms with van der Waals surface area (Å²) >= 11 is 0. The summed E-state index contributed by atoms with van der Waals surface area (Å²) in [5, 5.41) is 11.7. The van der Waals surface area contributed by atoms with Crippen LogP contribution in [0.25, 0.3) is 0 Å². The van der Waals surface area contributed by atoms with Crippen LogP contribution in [0.3, 0.4) is 0 Å². The Kier molecular flexibility index (Phi) is 5.59. The second-order valence-corrected chi connectivity index (χ2v) is 4.97. The van der Waals surface area contributed by atoms with E-state index in [2.05, 4.69) is 5.32 Å². The molecule has 0 saturated heterocycles. The smallest absolute Gasteiger partial charge is 0.261 e. The van der Waals surface area contributed by atoms with Crippen molar-refractivity contribution in [2.75, 3.05) is 7.11 Å². The molecule has 2 rings (SSSR count). The summed E-state index contributed by atoms with van der Waals surface area (Å²) in [6.07, 6.45) is -0.651. The van der Waals surface area contributed by atoms with Gasteiger partial charge >= 0.3 is 0 Å². The van der Waals surface area contributed by atoms with E-state index in [4.69, 9.17) is 14.7 Å². The number of amides is 1. The highest BCUT2D eigenvalue weighted by Gasteiger charge is 2.14. The van der Waals surface area contributed by atoms with Crippen molar-refractivity contribution >= 4 is 5.91 Å². The van der Waals surface area contributed by atoms with Crippen molar-refractivity contribution in [1.82, 2.24) is 5.32 Å². The molecular weight excluding hydrogens is 292 g/mol. The third-order valence-corrected chi connectivity index (χ3v) is 3.27. The largest absolute Gasteiger partial charge is 0.497 e. The maximum Gasteiger partial charge on any atom is 0.261 e. The van der Waals surface area contributed by atoms with Crippen LogP contribution < -0.4 is 14.8 Å². The lowest BCUT2D eigenvalue weighted by Crippen LogP contribution is -2.35. The van der Waals surface area contributed by atoms with Crippen molar-refractivity contribution < 1.29 is 14.3 Å². The van der Waals surface area contributed by atoms with Crippen molar-refractivity contribution in [1.29, 1.82) is 5.26 Å². The lowest BCUT2D eigenvalue weighted by atomic mass is 10.2. The van der Waals surface area contributed by atoms with Crippen LogP contribution in [0.15, 0.2) is 48.5 Å². The predicted molar refractivity (Wildman–Crippen MR) is 86.1 cm³/mol. The van der Waals surface area contributed by atoms with Gasteiger partial charge in [-0.25, -0.2) is 0 Å². The van der Waals surface area contributed by atoms with E-state index in [1.807, 2.05) is 30.3 Å². The number of ether oxygens (including phenoxy) is 2. The summed E-state index contributed by atoms with van der Waals surface area (Å²) in [6, 6.07) is 16.2. The monoisotopic (exact) mass is 310 g/mol. The quantitative estimate of drug-likeness (QED) is 0.890. The van der Waals surface area contributed by atoms with Gasteiger partial charge in [0.1, 0.15) is 11.5 Å². The molecule has 0 unspecified atom stereocenters. The van der Waals surface area contributed by atoms with Gasteiger partial charge in [0.25, 0.3) is 5.91 Å². The van der Waals surface area contributed by atoms with E-state index in [1.165, 1.54) is 0 Å². The number of nitriles is 1. The number of carbonyl (C=O) groups is 1. The number of hydrogen-bond acceptors (Lipinski definition) is 4. The highest BCUT2D eigenvalue weighted by Crippen LogP contribution is 2.15. The number of methoxy groups -OCH3 is 1. The van der Waals surface area contributed by atoms with E-state index in [0.717, 1.165) is 11.3 Å². The molecule has 0 aliphatic rings. The van der Waals surface area contributed by atoms with Gasteiger partial charge in [-0.1, -0.05) is 18.2 Å². The number of rotatable bonds is 6. The number of nitrogens with one attached hydrogen (secondary N) is 1. The second kappa shape index (κ2) is 7.85. The molecule has 0 bridgehead atoms. The lowest BCUT2D eigenvalue weighted by molar-refractivity contribution is -0.127. The minimum Gasteiger partial charge on any atom is -0.497 e. The highest BCUT2D eigenvalue weighted by molar-refractivity contribution is 5.80. The number of carbonyl (C=O) groups excluding carboxylic acids is 1. The summed E-state index contributed by atoms with van der Waals surface area (Å²) in [7, 11) is 1.61. The summed E-state index contributed by atoms with van der Waals surface area (Å²) < 4.78 is 10.6. The molecule has 2 aromatic carbocycles. The van der Waals surface area contributed by atoms with Gasteiger partial charge in [-0.15, -0.1) is 0 Å². The maximum atomic E-state index is 12.1. The van der Waals surface area contributed by atoms with Crippen molar-refractivity contribution in [3.63, 3.8) is 0 Å². The Hall–Kier alpha value is -3.00. The molecule has 1 N–H and O–H groups in total. The average Bonchev–Trinajstić information content (AvgIpc) is 2.60. The predicted octanol–water partition coefficient (Wildman–Crippen LogP) is 2.65. The van der Waals surface area contributed by atoms with Crippen LogP contribution in [0.2, 0.25) is 0 Å². The fraction of sp³-hybridized carbons (Fsp3) is 0.222. The SMILES string of the molecule is COc1ccc(CNC(=O)[C@@H](C)Oc2cccc(C#N)c2)cc1. The maximum absolute atomic E-state index is 12.1. The summed E-state index contributed by atoms with van der Waals surface area (Å²) in [4.78, 5) is 12.1. The molecule has 23 heavy (non-hydrogen) atoms. The Morgan fingerprint density at radius 3 is 2.61 bits per heavy atom. The van der Waals surface area contributed by atoms with Gasteiger partial charge in [0, 0.05) is 6.54 Å². The third-order valence-electron chi connectivity index (χ3n) is 3.27. The molecule has 0 saturated carbocycles. The van der Waals surface area contributed by atoms with Crippen molar-refractivity contribution in [2.24, 2.45) is 0 Å². The van der Waals surface area contributed by atoms with E-state index < -0.39 is 6.10 Å². The van der Waals surface area contributed by atoms with Gasteiger partial charge in [-0.05, 0) is 42.8 Å². The molecule has 0 aliphatic heterocycles. The second-order valence-electron chi connectivity index (χ2n) is 4.97. The fourth-order valence-electron chi connectivity index (χ4n) is 1.97. The zero-order valence-electron chi connectivity index (χ0n) is 13.1. The number of nitrogens with zero attached hydrogens (tertiary/aromatic N) is 1. The molecule has 5 heteroatoms. The molecule has 0 aromatic heterocycles. The standard InChI is InChI=1S/C18H18N2O3/c1-13(23-17-5-3-4-15(10-17)11-19)18(21)20-12-14-6-8-16(22-2)9-7-14/h3-10,13H,12H2,1-2H3,(H,20,21)/t13-/m1/s1. The van der Waals surface area contributed by atoms with Gasteiger partial charge in [0.05, 0.1) is 18.7 Å². The Bertz CT molecular complexity index is 705. The van der Waals surface area contributed by atoms with Crippen molar-refractivity contribution in [3.8, 4) is 17.6 Å². The molecule has 1 atom stereocenters. The summed E-state index contributed by atoms with van der Waals surface area (Å²) in [5.74, 6) is 1.05. The van der Waals surface area contributed by atoms with Crippen molar-refractivity contribution in [2.45, 2.75) is 19.6 Å². The highest BCUT2D eigenvalue weighted by atomic mass is 16.5. The van der Waals surface area contributed by atoms with Crippen LogP contribution in [-0.2, 0) is 11.3 Å². The molecule has 0 radical (unpaired) electrons. The van der Waals surface area contributed by atoms with Crippen LogP contribution in [0.4, 0.5) is 0 Å². The molecule has 0 fully saturated rings. The van der Waals surface area contributed by atoms with Gasteiger partial charge in [-0.2, -0.15) is 5.26 Å². The van der Waals surface area contributed by atoms with E-state index in [-0.39, 0.29) is 5.91 Å². The molecule has 118 valence electrons. The van der Waals surface area contributed by atoms with E-state index in [9.17, 15) is 4.79 Å². The normalized spacial score (nSPS) is 11.2. The van der Waals surface area contributed by atoms with E-state index >= 15 is 0 Å². The molecule has 0 heterocycles.